The molecule has 0 amide bonds. The fourth-order valence-electron chi connectivity index (χ4n) is 2.72. The van der Waals surface area contributed by atoms with Gasteiger partial charge in [0.15, 0.2) is 22.8 Å². The minimum atomic E-state index is -0.316. The first-order chi connectivity index (χ1) is 13.0. The van der Waals surface area contributed by atoms with Crippen LogP contribution < -0.4 is 5.73 Å². The number of ether oxygens (including phenoxy) is 2. The van der Waals surface area contributed by atoms with Crippen molar-refractivity contribution in [3.05, 3.63) is 41.2 Å². The van der Waals surface area contributed by atoms with Crippen LogP contribution in [-0.4, -0.2) is 44.3 Å². The first kappa shape index (κ1) is 18.6. The summed E-state index contributed by atoms with van der Waals surface area (Å²) in [5, 5.41) is 10.3. The van der Waals surface area contributed by atoms with Crippen LogP contribution in [0.5, 0.6) is 6.01 Å². The second kappa shape index (κ2) is 8.00. The van der Waals surface area contributed by atoms with Gasteiger partial charge in [0.1, 0.15) is 6.61 Å². The summed E-state index contributed by atoms with van der Waals surface area (Å²) in [4.78, 5) is 24.1. The van der Waals surface area contributed by atoms with Crippen LogP contribution >= 0.6 is 0 Å². The molecule has 0 aliphatic carbocycles. The van der Waals surface area contributed by atoms with Crippen molar-refractivity contribution in [1.29, 1.82) is 0 Å². The third-order valence-electron chi connectivity index (χ3n) is 3.99. The first-order valence-corrected chi connectivity index (χ1v) is 8.45. The highest BCUT2D eigenvalue weighted by atomic mass is 16.5. The van der Waals surface area contributed by atoms with Gasteiger partial charge >= 0.3 is 5.97 Å². The molecule has 0 atom stereocenters. The van der Waals surface area contributed by atoms with Gasteiger partial charge in [-0.15, -0.1) is 0 Å². The van der Waals surface area contributed by atoms with E-state index in [9.17, 15) is 9.90 Å². The number of anilines is 1. The van der Waals surface area contributed by atoms with Crippen LogP contribution in [0.15, 0.2) is 24.3 Å². The van der Waals surface area contributed by atoms with Gasteiger partial charge in [0.25, 0.3) is 6.01 Å². The number of aromatic hydroxyl groups is 1. The minimum absolute atomic E-state index is 0.175. The number of imidazole rings is 1. The van der Waals surface area contributed by atoms with Gasteiger partial charge < -0.3 is 20.3 Å². The van der Waals surface area contributed by atoms with Crippen molar-refractivity contribution in [1.82, 2.24) is 19.5 Å². The van der Waals surface area contributed by atoms with Crippen molar-refractivity contribution < 1.29 is 19.4 Å². The Hall–Kier alpha value is -3.20. The molecule has 2 aromatic heterocycles. The normalized spacial score (nSPS) is 11.0. The summed E-state index contributed by atoms with van der Waals surface area (Å²) in [5.41, 5.74) is 8.39. The van der Waals surface area contributed by atoms with Crippen LogP contribution in [-0.2, 0) is 33.8 Å². The zero-order chi connectivity index (χ0) is 19.4. The molecule has 0 bridgehead atoms. The Morgan fingerprint density at radius 2 is 2.04 bits per heavy atom. The van der Waals surface area contributed by atoms with Gasteiger partial charge in [0.05, 0.1) is 20.1 Å². The number of hydrogen-bond acceptors (Lipinski definition) is 8. The quantitative estimate of drug-likeness (QED) is 0.597. The van der Waals surface area contributed by atoms with E-state index < -0.39 is 0 Å². The molecule has 3 N–H and O–H groups in total. The number of esters is 1. The number of benzene rings is 1. The molecule has 9 nitrogen and oxygen atoms in total. The third kappa shape index (κ3) is 4.14. The fourth-order valence-corrected chi connectivity index (χ4v) is 2.72. The molecule has 0 spiro atoms. The van der Waals surface area contributed by atoms with Gasteiger partial charge in [-0.05, 0) is 18.1 Å². The molecule has 0 fully saturated rings. The summed E-state index contributed by atoms with van der Waals surface area (Å²) < 4.78 is 11.6. The van der Waals surface area contributed by atoms with Crippen LogP contribution in [0.2, 0.25) is 0 Å². The van der Waals surface area contributed by atoms with E-state index in [0.717, 1.165) is 11.1 Å². The van der Waals surface area contributed by atoms with E-state index >= 15 is 0 Å². The molecule has 9 heteroatoms. The highest BCUT2D eigenvalue weighted by molar-refractivity contribution is 5.82. The van der Waals surface area contributed by atoms with Crippen LogP contribution in [0.3, 0.4) is 0 Å². The second-order valence-electron chi connectivity index (χ2n) is 5.91. The molecular formula is C18H21N5O4. The first-order valence-electron chi connectivity index (χ1n) is 8.45. The molecule has 142 valence electrons. The summed E-state index contributed by atoms with van der Waals surface area (Å²) >= 11 is 0. The number of hydrogen-bond donors (Lipinski definition) is 2. The molecule has 0 saturated heterocycles. The monoisotopic (exact) mass is 371 g/mol. The second-order valence-corrected chi connectivity index (χ2v) is 5.91. The standard InChI is InChI=1S/C18H21N5O4/c1-3-27-10-13-20-16(19)15-17(21-13)23(18(25)22-15)9-12-6-4-5-11(7-12)8-14(24)26-2/h4-7H,3,8-10H2,1-2H3,(H,22,25)(H2,19,20,21). The SMILES string of the molecule is CCOCc1nc(N)c2nc(O)n(Cc3cccc(CC(=O)OC)c3)c2n1. The van der Waals surface area contributed by atoms with Crippen LogP contribution in [0.4, 0.5) is 5.82 Å². The zero-order valence-corrected chi connectivity index (χ0v) is 15.2. The summed E-state index contributed by atoms with van der Waals surface area (Å²) in [6.45, 7) is 2.93. The van der Waals surface area contributed by atoms with Crippen molar-refractivity contribution in [2.75, 3.05) is 19.5 Å². The summed E-state index contributed by atoms with van der Waals surface area (Å²) in [6, 6.07) is 7.23. The minimum Gasteiger partial charge on any atom is -0.480 e. The molecule has 27 heavy (non-hydrogen) atoms. The molecule has 3 rings (SSSR count). The molecule has 3 aromatic rings. The van der Waals surface area contributed by atoms with Crippen molar-refractivity contribution >= 4 is 23.0 Å². The zero-order valence-electron chi connectivity index (χ0n) is 15.2. The molecule has 0 saturated carbocycles. The van der Waals surface area contributed by atoms with Gasteiger partial charge in [-0.1, -0.05) is 24.3 Å². The topological polar surface area (TPSA) is 125 Å². The van der Waals surface area contributed by atoms with Crippen LogP contribution in [0.1, 0.15) is 23.9 Å². The molecule has 2 heterocycles. The maximum atomic E-state index is 11.5. The summed E-state index contributed by atoms with van der Waals surface area (Å²) in [6.07, 6.45) is 0.175. The molecule has 0 aliphatic rings. The van der Waals surface area contributed by atoms with E-state index in [4.69, 9.17) is 15.2 Å². The number of carbonyl (C=O) groups excluding carboxylic acids is 1. The van der Waals surface area contributed by atoms with Gasteiger partial charge in [-0.3, -0.25) is 9.36 Å². The highest BCUT2D eigenvalue weighted by Crippen LogP contribution is 2.24. The Morgan fingerprint density at radius 3 is 2.78 bits per heavy atom. The van der Waals surface area contributed by atoms with Gasteiger partial charge in [-0.2, -0.15) is 4.98 Å². The van der Waals surface area contributed by atoms with E-state index in [1.807, 2.05) is 31.2 Å². The Kier molecular flexibility index (Phi) is 5.51. The lowest BCUT2D eigenvalue weighted by atomic mass is 10.1. The van der Waals surface area contributed by atoms with E-state index in [-0.39, 0.29) is 30.8 Å². The van der Waals surface area contributed by atoms with E-state index in [1.54, 1.807) is 4.57 Å². The molecule has 0 unspecified atom stereocenters. The Labute approximate surface area is 155 Å². The molecule has 0 aliphatic heterocycles. The maximum absolute atomic E-state index is 11.5. The predicted octanol–water partition coefficient (Wildman–Crippen LogP) is 1.41. The van der Waals surface area contributed by atoms with Crippen molar-refractivity contribution in [3.63, 3.8) is 0 Å². The Bertz CT molecular complexity index is 970. The number of nitrogen functional groups attached to an aromatic ring is 1. The predicted molar refractivity (Wildman–Crippen MR) is 98.0 cm³/mol. The number of nitrogens with zero attached hydrogens (tertiary/aromatic N) is 4. The van der Waals surface area contributed by atoms with Gasteiger partial charge in [0.2, 0.25) is 0 Å². The molecule has 0 radical (unpaired) electrons. The molecule has 1 aromatic carbocycles. The van der Waals surface area contributed by atoms with Crippen LogP contribution in [0, 0.1) is 0 Å². The van der Waals surface area contributed by atoms with E-state index in [2.05, 4.69) is 15.0 Å². The smallest absolute Gasteiger partial charge is 0.309 e. The largest absolute Gasteiger partial charge is 0.480 e. The summed E-state index contributed by atoms with van der Waals surface area (Å²) in [7, 11) is 1.35. The van der Waals surface area contributed by atoms with Crippen molar-refractivity contribution in [2.45, 2.75) is 26.5 Å². The number of fused-ring (bicyclic) bond motifs is 1. The number of methoxy groups -OCH3 is 1. The average Bonchev–Trinajstić information content (AvgIpc) is 2.96. The van der Waals surface area contributed by atoms with Gasteiger partial charge in [0, 0.05) is 6.61 Å². The average molecular weight is 371 g/mol. The lowest BCUT2D eigenvalue weighted by Crippen LogP contribution is -2.07. The number of nitrogens with two attached hydrogens (primary N) is 1. The number of aromatic nitrogens is 4. The van der Waals surface area contributed by atoms with Crippen molar-refractivity contribution in [2.24, 2.45) is 0 Å². The Morgan fingerprint density at radius 1 is 1.26 bits per heavy atom. The lowest BCUT2D eigenvalue weighted by Gasteiger charge is -2.08. The summed E-state index contributed by atoms with van der Waals surface area (Å²) in [5.74, 6) is 0.287. The third-order valence-corrected chi connectivity index (χ3v) is 3.99. The molecular weight excluding hydrogens is 350 g/mol. The van der Waals surface area contributed by atoms with Gasteiger partial charge in [-0.25, -0.2) is 9.97 Å². The van der Waals surface area contributed by atoms with Crippen LogP contribution in [0.25, 0.3) is 11.2 Å². The van der Waals surface area contributed by atoms with Crippen molar-refractivity contribution in [3.8, 4) is 6.01 Å². The van der Waals surface area contributed by atoms with E-state index in [0.29, 0.717) is 30.1 Å². The highest BCUT2D eigenvalue weighted by Gasteiger charge is 2.17. The maximum Gasteiger partial charge on any atom is 0.309 e. The lowest BCUT2D eigenvalue weighted by molar-refractivity contribution is -0.139. The Balaban J connectivity index is 1.94. The number of carbonyl (C=O) groups is 1. The number of rotatable bonds is 7. The van der Waals surface area contributed by atoms with E-state index in [1.165, 1.54) is 7.11 Å². The fraction of sp³-hybridized carbons (Fsp3) is 0.333.